The van der Waals surface area contributed by atoms with Crippen molar-refractivity contribution in [2.45, 2.75) is 13.8 Å². The van der Waals surface area contributed by atoms with Crippen LogP contribution in [0.25, 0.3) is 6.08 Å². The number of para-hydroxylation sites is 1. The first-order valence-corrected chi connectivity index (χ1v) is 5.68. The number of carbonyl (C=O) groups is 2. The highest BCUT2D eigenvalue weighted by molar-refractivity contribution is 6.38. The number of carboxylic acids is 1. The number of aliphatic carboxylic acids is 1. The summed E-state index contributed by atoms with van der Waals surface area (Å²) in [6, 6.07) is 7.17. The van der Waals surface area contributed by atoms with Crippen molar-refractivity contribution in [2.24, 2.45) is 5.92 Å². The molecule has 0 heterocycles. The molecular formula is C14H16O4. The summed E-state index contributed by atoms with van der Waals surface area (Å²) in [7, 11) is 0. The number of carbonyl (C=O) groups excluding carboxylic acids is 1. The lowest BCUT2D eigenvalue weighted by atomic mass is 10.1. The summed E-state index contributed by atoms with van der Waals surface area (Å²) in [6.45, 7) is 4.64. The smallest absolute Gasteiger partial charge is 0.376 e. The third-order valence-electron chi connectivity index (χ3n) is 2.12. The molecule has 0 aliphatic heterocycles. The van der Waals surface area contributed by atoms with Gasteiger partial charge in [0.25, 0.3) is 5.78 Å². The van der Waals surface area contributed by atoms with Crippen LogP contribution in [0.15, 0.2) is 30.3 Å². The number of hydrogen-bond acceptors (Lipinski definition) is 3. The van der Waals surface area contributed by atoms with E-state index in [0.29, 0.717) is 23.8 Å². The van der Waals surface area contributed by atoms with E-state index >= 15 is 0 Å². The lowest BCUT2D eigenvalue weighted by Crippen LogP contribution is -2.08. The first-order valence-electron chi connectivity index (χ1n) is 5.68. The minimum absolute atomic E-state index is 0.391. The highest BCUT2D eigenvalue weighted by Crippen LogP contribution is 2.20. The van der Waals surface area contributed by atoms with Gasteiger partial charge in [-0.25, -0.2) is 4.79 Å². The molecule has 0 amide bonds. The van der Waals surface area contributed by atoms with E-state index in [1.165, 1.54) is 6.08 Å². The standard InChI is InChI=1S/C14H16O4/c1-10(2)9-18-13-6-4-3-5-11(13)7-8-12(15)14(16)17/h3-8,10H,9H2,1-2H3,(H,16,17)/b8-7+. The number of benzene rings is 1. The fraction of sp³-hybridized carbons (Fsp3) is 0.286. The highest BCUT2D eigenvalue weighted by atomic mass is 16.5. The van der Waals surface area contributed by atoms with Gasteiger partial charge in [0.2, 0.25) is 0 Å². The van der Waals surface area contributed by atoms with Crippen LogP contribution < -0.4 is 4.74 Å². The van der Waals surface area contributed by atoms with Crippen molar-refractivity contribution in [3.05, 3.63) is 35.9 Å². The Morgan fingerprint density at radius 1 is 1.33 bits per heavy atom. The Kier molecular flexibility index (Phi) is 5.11. The van der Waals surface area contributed by atoms with E-state index in [2.05, 4.69) is 0 Å². The molecule has 1 rings (SSSR count). The van der Waals surface area contributed by atoms with Gasteiger partial charge in [0, 0.05) is 5.56 Å². The van der Waals surface area contributed by atoms with Crippen LogP contribution in [0.2, 0.25) is 0 Å². The van der Waals surface area contributed by atoms with E-state index in [0.717, 1.165) is 6.08 Å². The second kappa shape index (κ2) is 6.59. The minimum Gasteiger partial charge on any atom is -0.493 e. The first kappa shape index (κ1) is 14.0. The molecule has 4 heteroatoms. The van der Waals surface area contributed by atoms with Gasteiger partial charge in [-0.3, -0.25) is 4.79 Å². The van der Waals surface area contributed by atoms with Crippen LogP contribution in [0.3, 0.4) is 0 Å². The molecule has 0 saturated carbocycles. The molecule has 1 aromatic rings. The topological polar surface area (TPSA) is 63.6 Å². The average Bonchev–Trinajstić information content (AvgIpc) is 2.34. The summed E-state index contributed by atoms with van der Waals surface area (Å²) in [4.78, 5) is 21.4. The summed E-state index contributed by atoms with van der Waals surface area (Å²) >= 11 is 0. The predicted octanol–water partition coefficient (Wildman–Crippen LogP) is 2.39. The summed E-state index contributed by atoms with van der Waals surface area (Å²) in [5.74, 6) is -1.39. The SMILES string of the molecule is CC(C)COc1ccccc1/C=C/C(=O)C(=O)O. The minimum atomic E-state index is -1.47. The molecule has 1 aromatic carbocycles. The molecule has 0 aliphatic rings. The Labute approximate surface area is 106 Å². The molecule has 1 N–H and O–H groups in total. The van der Waals surface area contributed by atoms with Crippen molar-refractivity contribution >= 4 is 17.8 Å². The summed E-state index contributed by atoms with van der Waals surface area (Å²) in [5, 5.41) is 8.47. The molecule has 0 spiro atoms. The molecule has 0 radical (unpaired) electrons. The number of hydrogen-bond donors (Lipinski definition) is 1. The van der Waals surface area contributed by atoms with Crippen LogP contribution in [0.1, 0.15) is 19.4 Å². The first-order chi connectivity index (χ1) is 8.50. The molecular weight excluding hydrogens is 232 g/mol. The Bertz CT molecular complexity index is 461. The van der Waals surface area contributed by atoms with E-state index in [1.54, 1.807) is 18.2 Å². The van der Waals surface area contributed by atoms with Gasteiger partial charge in [0.15, 0.2) is 0 Å². The van der Waals surface area contributed by atoms with E-state index in [-0.39, 0.29) is 0 Å². The van der Waals surface area contributed by atoms with Crippen molar-refractivity contribution in [1.82, 2.24) is 0 Å². The van der Waals surface area contributed by atoms with Gasteiger partial charge >= 0.3 is 5.97 Å². The third-order valence-corrected chi connectivity index (χ3v) is 2.12. The molecule has 96 valence electrons. The Hall–Kier alpha value is -2.10. The predicted molar refractivity (Wildman–Crippen MR) is 68.5 cm³/mol. The molecule has 0 bridgehead atoms. The van der Waals surface area contributed by atoms with Crippen LogP contribution >= 0.6 is 0 Å². The normalized spacial score (nSPS) is 10.8. The number of ketones is 1. The summed E-state index contributed by atoms with van der Waals surface area (Å²) in [6.07, 6.45) is 2.48. The maximum atomic E-state index is 11.0. The Balaban J connectivity index is 2.82. The zero-order chi connectivity index (χ0) is 13.5. The van der Waals surface area contributed by atoms with Crippen molar-refractivity contribution in [3.63, 3.8) is 0 Å². The van der Waals surface area contributed by atoms with Gasteiger partial charge in [-0.1, -0.05) is 32.0 Å². The molecule has 0 aromatic heterocycles. The summed E-state index contributed by atoms with van der Waals surface area (Å²) < 4.78 is 5.58. The zero-order valence-electron chi connectivity index (χ0n) is 10.4. The molecule has 0 atom stereocenters. The van der Waals surface area contributed by atoms with E-state index in [1.807, 2.05) is 19.9 Å². The lowest BCUT2D eigenvalue weighted by Gasteiger charge is -2.10. The maximum Gasteiger partial charge on any atom is 0.376 e. The van der Waals surface area contributed by atoms with Gasteiger partial charge in [-0.2, -0.15) is 0 Å². The zero-order valence-corrected chi connectivity index (χ0v) is 10.4. The van der Waals surface area contributed by atoms with Crippen LogP contribution in [0.5, 0.6) is 5.75 Å². The molecule has 18 heavy (non-hydrogen) atoms. The van der Waals surface area contributed by atoms with Gasteiger partial charge in [-0.15, -0.1) is 0 Å². The van der Waals surface area contributed by atoms with Crippen molar-refractivity contribution in [3.8, 4) is 5.75 Å². The monoisotopic (exact) mass is 248 g/mol. The average molecular weight is 248 g/mol. The van der Waals surface area contributed by atoms with Crippen LogP contribution in [-0.2, 0) is 9.59 Å². The fourth-order valence-electron chi connectivity index (χ4n) is 1.24. The number of ether oxygens (including phenoxy) is 1. The Morgan fingerprint density at radius 3 is 2.61 bits per heavy atom. The van der Waals surface area contributed by atoms with Crippen molar-refractivity contribution in [1.29, 1.82) is 0 Å². The van der Waals surface area contributed by atoms with E-state index in [4.69, 9.17) is 9.84 Å². The second-order valence-electron chi connectivity index (χ2n) is 4.25. The highest BCUT2D eigenvalue weighted by Gasteiger charge is 2.07. The van der Waals surface area contributed by atoms with Gasteiger partial charge in [0.1, 0.15) is 5.75 Å². The third kappa shape index (κ3) is 4.41. The number of carboxylic acid groups (broad SMARTS) is 1. The quantitative estimate of drug-likeness (QED) is 0.620. The largest absolute Gasteiger partial charge is 0.493 e. The van der Waals surface area contributed by atoms with Gasteiger partial charge in [-0.05, 0) is 24.1 Å². The second-order valence-corrected chi connectivity index (χ2v) is 4.25. The van der Waals surface area contributed by atoms with E-state index < -0.39 is 11.8 Å². The molecule has 4 nitrogen and oxygen atoms in total. The molecule has 0 saturated heterocycles. The number of rotatable bonds is 6. The molecule has 0 unspecified atom stereocenters. The van der Waals surface area contributed by atoms with Crippen LogP contribution in [0.4, 0.5) is 0 Å². The summed E-state index contributed by atoms with van der Waals surface area (Å²) in [5.41, 5.74) is 0.688. The maximum absolute atomic E-state index is 11.0. The lowest BCUT2D eigenvalue weighted by molar-refractivity contribution is -0.146. The molecule has 0 fully saturated rings. The van der Waals surface area contributed by atoms with Crippen LogP contribution in [-0.4, -0.2) is 23.5 Å². The molecule has 0 aliphatic carbocycles. The van der Waals surface area contributed by atoms with E-state index in [9.17, 15) is 9.59 Å². The van der Waals surface area contributed by atoms with Crippen molar-refractivity contribution < 1.29 is 19.4 Å². The van der Waals surface area contributed by atoms with Crippen LogP contribution in [0, 0.1) is 5.92 Å². The fourth-order valence-corrected chi connectivity index (χ4v) is 1.24. The van der Waals surface area contributed by atoms with Crippen molar-refractivity contribution in [2.75, 3.05) is 6.61 Å². The van der Waals surface area contributed by atoms with Gasteiger partial charge < -0.3 is 9.84 Å². The Morgan fingerprint density at radius 2 is 2.00 bits per heavy atom. The van der Waals surface area contributed by atoms with Gasteiger partial charge in [0.05, 0.1) is 6.61 Å².